The minimum Gasteiger partial charge on any atom is -0.393 e. The van der Waals surface area contributed by atoms with E-state index in [4.69, 9.17) is 0 Å². The second-order valence-corrected chi connectivity index (χ2v) is 10.3. The van der Waals surface area contributed by atoms with Gasteiger partial charge in [-0.15, -0.1) is 0 Å². The Kier molecular flexibility index (Phi) is 3.91. The first-order valence-corrected chi connectivity index (χ1v) is 10.9. The lowest BCUT2D eigenvalue weighted by atomic mass is 9.45. The van der Waals surface area contributed by atoms with E-state index in [1.165, 1.54) is 50.5 Å². The highest BCUT2D eigenvalue weighted by Crippen LogP contribution is 2.66. The molecule has 0 saturated heterocycles. The van der Waals surface area contributed by atoms with E-state index in [2.05, 4.69) is 50.3 Å². The van der Waals surface area contributed by atoms with Crippen molar-refractivity contribution in [3.05, 3.63) is 42.0 Å². The lowest BCUT2D eigenvalue weighted by molar-refractivity contribution is -0.108. The van der Waals surface area contributed by atoms with Crippen LogP contribution in [0.4, 0.5) is 0 Å². The van der Waals surface area contributed by atoms with Crippen LogP contribution in [0.2, 0.25) is 0 Å². The molecule has 3 fully saturated rings. The summed E-state index contributed by atoms with van der Waals surface area (Å²) in [7, 11) is 0. The number of rotatable bonds is 1. The largest absolute Gasteiger partial charge is 0.393 e. The van der Waals surface area contributed by atoms with Crippen molar-refractivity contribution in [1.82, 2.24) is 0 Å². The summed E-state index contributed by atoms with van der Waals surface area (Å²) in [4.78, 5) is 0. The molecule has 140 valence electrons. The van der Waals surface area contributed by atoms with Gasteiger partial charge in [0.1, 0.15) is 0 Å². The Morgan fingerprint density at radius 3 is 2.46 bits per heavy atom. The first-order valence-electron chi connectivity index (χ1n) is 10.9. The van der Waals surface area contributed by atoms with Crippen LogP contribution in [0.5, 0.6) is 0 Å². The molecule has 7 atom stereocenters. The van der Waals surface area contributed by atoms with Crippen LogP contribution in [0.25, 0.3) is 5.57 Å². The Morgan fingerprint density at radius 2 is 1.65 bits per heavy atom. The Morgan fingerprint density at radius 1 is 0.885 bits per heavy atom. The predicted molar refractivity (Wildman–Crippen MR) is 108 cm³/mol. The highest BCUT2D eigenvalue weighted by molar-refractivity contribution is 5.66. The Hall–Kier alpha value is -1.08. The molecule has 0 amide bonds. The smallest absolute Gasteiger partial charge is 0.0596 e. The van der Waals surface area contributed by atoms with Gasteiger partial charge in [0, 0.05) is 0 Å². The third-order valence-electron chi connectivity index (χ3n) is 9.41. The third-order valence-corrected chi connectivity index (χ3v) is 9.41. The molecule has 1 nitrogen and oxygen atoms in total. The van der Waals surface area contributed by atoms with Crippen molar-refractivity contribution in [2.45, 2.75) is 71.3 Å². The number of allylic oxidation sites excluding steroid dienone is 2. The van der Waals surface area contributed by atoms with E-state index in [9.17, 15) is 5.11 Å². The quantitative estimate of drug-likeness (QED) is 0.650. The van der Waals surface area contributed by atoms with Crippen LogP contribution >= 0.6 is 0 Å². The van der Waals surface area contributed by atoms with Crippen molar-refractivity contribution >= 4 is 5.57 Å². The van der Waals surface area contributed by atoms with E-state index in [0.717, 1.165) is 30.1 Å². The Bertz CT molecular complexity index is 706. The number of hydrogen-bond acceptors (Lipinski definition) is 1. The van der Waals surface area contributed by atoms with E-state index in [1.54, 1.807) is 5.57 Å². The molecule has 4 aliphatic carbocycles. The summed E-state index contributed by atoms with van der Waals surface area (Å²) in [5.41, 5.74) is 3.72. The maximum atomic E-state index is 10.6. The van der Waals surface area contributed by atoms with Gasteiger partial charge in [-0.05, 0) is 97.0 Å². The van der Waals surface area contributed by atoms with Crippen LogP contribution in [0.3, 0.4) is 0 Å². The molecule has 0 aromatic heterocycles. The number of aliphatic hydroxyl groups is 1. The number of hydrogen-bond donors (Lipinski definition) is 1. The summed E-state index contributed by atoms with van der Waals surface area (Å²) >= 11 is 0. The molecule has 1 heteroatoms. The second-order valence-electron chi connectivity index (χ2n) is 10.3. The number of benzene rings is 1. The van der Waals surface area contributed by atoms with Gasteiger partial charge in [-0.1, -0.05) is 50.3 Å². The average molecular weight is 351 g/mol. The highest BCUT2D eigenvalue weighted by atomic mass is 16.3. The fourth-order valence-corrected chi connectivity index (χ4v) is 7.74. The van der Waals surface area contributed by atoms with Crippen LogP contribution in [0.15, 0.2) is 36.4 Å². The van der Waals surface area contributed by atoms with Gasteiger partial charge >= 0.3 is 0 Å². The van der Waals surface area contributed by atoms with Crippen LogP contribution in [0, 0.1) is 34.5 Å². The Balaban J connectivity index is 1.43. The molecule has 0 aliphatic heterocycles. The fraction of sp³-hybridized carbons (Fsp3) is 0.680. The standard InChI is InChI=1S/C25H34O/c1-24-14-12-18(17-6-4-3-5-7-17)16-19(24)8-9-20-21-10-11-23(26)25(21,2)15-13-22(20)24/h3-7,12,19-23,26H,8-11,13-16H2,1-2H3/t19-,20-,21+,22-,23+,24+,25+/m1/s1. The maximum Gasteiger partial charge on any atom is 0.0596 e. The molecule has 1 aromatic rings. The van der Waals surface area contributed by atoms with Gasteiger partial charge in [0.15, 0.2) is 0 Å². The van der Waals surface area contributed by atoms with Gasteiger partial charge in [0.05, 0.1) is 6.10 Å². The molecule has 0 spiro atoms. The average Bonchev–Trinajstić information content (AvgIpc) is 2.97. The van der Waals surface area contributed by atoms with E-state index in [1.807, 2.05) is 0 Å². The summed E-state index contributed by atoms with van der Waals surface area (Å²) in [5.74, 6) is 3.35. The zero-order valence-electron chi connectivity index (χ0n) is 16.5. The zero-order chi connectivity index (χ0) is 17.9. The van der Waals surface area contributed by atoms with Gasteiger partial charge in [0.25, 0.3) is 0 Å². The Labute approximate surface area is 158 Å². The molecule has 5 rings (SSSR count). The molecule has 3 saturated carbocycles. The highest BCUT2D eigenvalue weighted by Gasteiger charge is 2.59. The van der Waals surface area contributed by atoms with Crippen molar-refractivity contribution in [2.75, 3.05) is 0 Å². The van der Waals surface area contributed by atoms with Crippen molar-refractivity contribution < 1.29 is 5.11 Å². The zero-order valence-corrected chi connectivity index (χ0v) is 16.5. The summed E-state index contributed by atoms with van der Waals surface area (Å²) in [6, 6.07) is 11.0. The molecule has 4 aliphatic rings. The van der Waals surface area contributed by atoms with Crippen LogP contribution in [0.1, 0.15) is 70.8 Å². The van der Waals surface area contributed by atoms with Gasteiger partial charge < -0.3 is 5.11 Å². The molecule has 1 N–H and O–H groups in total. The second kappa shape index (κ2) is 5.96. The van der Waals surface area contributed by atoms with E-state index < -0.39 is 0 Å². The van der Waals surface area contributed by atoms with Gasteiger partial charge in [0.2, 0.25) is 0 Å². The summed E-state index contributed by atoms with van der Waals surface area (Å²) < 4.78 is 0. The molecule has 26 heavy (non-hydrogen) atoms. The van der Waals surface area contributed by atoms with Gasteiger partial charge in [-0.25, -0.2) is 0 Å². The minimum absolute atomic E-state index is 0.0464. The first kappa shape index (κ1) is 17.0. The van der Waals surface area contributed by atoms with E-state index in [-0.39, 0.29) is 11.5 Å². The monoisotopic (exact) mass is 350 g/mol. The lowest BCUT2D eigenvalue weighted by Crippen LogP contribution is -2.53. The van der Waals surface area contributed by atoms with Crippen LogP contribution < -0.4 is 0 Å². The van der Waals surface area contributed by atoms with E-state index in [0.29, 0.717) is 5.41 Å². The normalized spacial score (nSPS) is 47.5. The molecule has 0 bridgehead atoms. The topological polar surface area (TPSA) is 20.2 Å². The molecule has 0 radical (unpaired) electrons. The van der Waals surface area contributed by atoms with Crippen LogP contribution in [-0.4, -0.2) is 11.2 Å². The van der Waals surface area contributed by atoms with Crippen molar-refractivity contribution in [2.24, 2.45) is 34.5 Å². The maximum absolute atomic E-state index is 10.6. The fourth-order valence-electron chi connectivity index (χ4n) is 7.74. The summed E-state index contributed by atoms with van der Waals surface area (Å²) in [6.07, 6.45) is 12.8. The van der Waals surface area contributed by atoms with Gasteiger partial charge in [-0.3, -0.25) is 0 Å². The molecule has 1 aromatic carbocycles. The molecule has 0 heterocycles. The van der Waals surface area contributed by atoms with Crippen molar-refractivity contribution in [3.63, 3.8) is 0 Å². The number of fused-ring (bicyclic) bond motifs is 5. The predicted octanol–water partition coefficient (Wildman–Crippen LogP) is 6.08. The first-order chi connectivity index (χ1) is 12.5. The van der Waals surface area contributed by atoms with Crippen molar-refractivity contribution in [3.8, 4) is 0 Å². The molecular weight excluding hydrogens is 316 g/mol. The molecule has 0 unspecified atom stereocenters. The molecular formula is C25H34O. The minimum atomic E-state index is -0.0464. The van der Waals surface area contributed by atoms with Gasteiger partial charge in [-0.2, -0.15) is 0 Å². The van der Waals surface area contributed by atoms with Crippen molar-refractivity contribution in [1.29, 1.82) is 0 Å². The summed E-state index contributed by atoms with van der Waals surface area (Å²) in [6.45, 7) is 5.01. The lowest BCUT2D eigenvalue weighted by Gasteiger charge is -2.59. The SMILES string of the molecule is C[C@]12CC=C(c3ccccc3)C[C@H]1CC[C@H]1[C@H]2CC[C@]2(C)[C@@H](O)CC[C@@H]12. The van der Waals surface area contributed by atoms with Crippen LogP contribution in [-0.2, 0) is 0 Å². The number of aliphatic hydroxyl groups excluding tert-OH is 1. The van der Waals surface area contributed by atoms with E-state index >= 15 is 0 Å². The third kappa shape index (κ3) is 2.32. The summed E-state index contributed by atoms with van der Waals surface area (Å²) in [5, 5.41) is 10.6.